The standard InChI is InChI=1S/C20H18O5/c1-20(24)8-10-6-7-12-17(15(10)13(21)9-20)19(23)11-4-3-5-14(25-2)16(11)18(12)22/h3-7,13,21,24H,8-9H2,1-2H3. The van der Waals surface area contributed by atoms with Crippen LogP contribution in [0.3, 0.4) is 0 Å². The van der Waals surface area contributed by atoms with Gasteiger partial charge in [-0.2, -0.15) is 0 Å². The molecule has 0 aliphatic heterocycles. The summed E-state index contributed by atoms with van der Waals surface area (Å²) in [5, 5.41) is 20.9. The lowest BCUT2D eigenvalue weighted by atomic mass is 9.73. The van der Waals surface area contributed by atoms with Crippen molar-refractivity contribution in [3.8, 4) is 5.75 Å². The molecule has 0 aromatic heterocycles. The number of carbonyl (C=O) groups is 2. The second kappa shape index (κ2) is 5.25. The summed E-state index contributed by atoms with van der Waals surface area (Å²) in [5.74, 6) is -0.210. The summed E-state index contributed by atoms with van der Waals surface area (Å²) in [4.78, 5) is 26.1. The predicted octanol–water partition coefficient (Wildman–Crippen LogP) is 2.20. The number of ketones is 2. The second-order valence-corrected chi connectivity index (χ2v) is 7.00. The minimum absolute atomic E-state index is 0.128. The number of hydrogen-bond acceptors (Lipinski definition) is 5. The Hall–Kier alpha value is -2.50. The molecule has 0 spiro atoms. The predicted molar refractivity (Wildman–Crippen MR) is 90.2 cm³/mol. The lowest BCUT2D eigenvalue weighted by Gasteiger charge is -2.35. The molecule has 2 N–H and O–H groups in total. The zero-order chi connectivity index (χ0) is 17.9. The molecule has 5 heteroatoms. The van der Waals surface area contributed by atoms with Crippen LogP contribution in [-0.4, -0.2) is 34.5 Å². The fraction of sp³-hybridized carbons (Fsp3) is 0.300. The van der Waals surface area contributed by atoms with Gasteiger partial charge < -0.3 is 14.9 Å². The molecule has 0 heterocycles. The van der Waals surface area contributed by atoms with Crippen LogP contribution in [0.15, 0.2) is 30.3 Å². The van der Waals surface area contributed by atoms with Gasteiger partial charge in [0.25, 0.3) is 0 Å². The zero-order valence-corrected chi connectivity index (χ0v) is 14.0. The van der Waals surface area contributed by atoms with E-state index in [2.05, 4.69) is 0 Å². The summed E-state index contributed by atoms with van der Waals surface area (Å²) in [6.45, 7) is 1.66. The third-order valence-corrected chi connectivity index (χ3v) is 5.06. The summed E-state index contributed by atoms with van der Waals surface area (Å²) in [5.41, 5.74) is 1.22. The van der Waals surface area contributed by atoms with Crippen molar-refractivity contribution in [2.24, 2.45) is 0 Å². The van der Waals surface area contributed by atoms with Crippen LogP contribution in [0.5, 0.6) is 5.75 Å². The molecule has 2 atom stereocenters. The molecule has 2 unspecified atom stereocenters. The van der Waals surface area contributed by atoms with Crippen molar-refractivity contribution in [2.45, 2.75) is 31.5 Å². The van der Waals surface area contributed by atoms with E-state index in [9.17, 15) is 19.8 Å². The summed E-state index contributed by atoms with van der Waals surface area (Å²) >= 11 is 0. The van der Waals surface area contributed by atoms with Crippen LogP contribution in [0, 0.1) is 0 Å². The van der Waals surface area contributed by atoms with Gasteiger partial charge in [-0.15, -0.1) is 0 Å². The van der Waals surface area contributed by atoms with Crippen LogP contribution >= 0.6 is 0 Å². The molecule has 0 bridgehead atoms. The maximum atomic E-state index is 13.1. The Kier molecular flexibility index (Phi) is 3.36. The number of methoxy groups -OCH3 is 1. The van der Waals surface area contributed by atoms with Gasteiger partial charge in [0.2, 0.25) is 0 Å². The van der Waals surface area contributed by atoms with Gasteiger partial charge >= 0.3 is 0 Å². The van der Waals surface area contributed by atoms with Gasteiger partial charge in [0, 0.05) is 29.5 Å². The molecule has 5 nitrogen and oxygen atoms in total. The number of rotatable bonds is 1. The molecule has 0 amide bonds. The maximum absolute atomic E-state index is 13.1. The molecule has 2 aromatic rings. The molecule has 0 fully saturated rings. The van der Waals surface area contributed by atoms with E-state index in [1.54, 1.807) is 37.3 Å². The second-order valence-electron chi connectivity index (χ2n) is 7.00. The van der Waals surface area contributed by atoms with E-state index in [-0.39, 0.29) is 40.2 Å². The lowest BCUT2D eigenvalue weighted by molar-refractivity contribution is -0.00777. The Labute approximate surface area is 144 Å². The largest absolute Gasteiger partial charge is 0.496 e. The van der Waals surface area contributed by atoms with E-state index in [0.717, 1.165) is 0 Å². The molecule has 2 aliphatic carbocycles. The fourth-order valence-electron chi connectivity index (χ4n) is 4.03. The molecule has 0 saturated carbocycles. The van der Waals surface area contributed by atoms with E-state index in [0.29, 0.717) is 23.3 Å². The smallest absolute Gasteiger partial charge is 0.198 e. The zero-order valence-electron chi connectivity index (χ0n) is 14.0. The van der Waals surface area contributed by atoms with Crippen molar-refractivity contribution in [1.29, 1.82) is 0 Å². The van der Waals surface area contributed by atoms with Gasteiger partial charge in [0.15, 0.2) is 11.6 Å². The number of benzene rings is 2. The fourth-order valence-corrected chi connectivity index (χ4v) is 4.03. The topological polar surface area (TPSA) is 83.8 Å². The van der Waals surface area contributed by atoms with Gasteiger partial charge in [-0.1, -0.05) is 18.2 Å². The minimum Gasteiger partial charge on any atom is -0.496 e. The number of hydrogen-bond donors (Lipinski definition) is 2. The van der Waals surface area contributed by atoms with Crippen molar-refractivity contribution < 1.29 is 24.5 Å². The Balaban J connectivity index is 1.98. The van der Waals surface area contributed by atoms with Crippen LogP contribution in [0.25, 0.3) is 0 Å². The molecule has 2 aliphatic rings. The van der Waals surface area contributed by atoms with Crippen molar-refractivity contribution in [1.82, 2.24) is 0 Å². The highest BCUT2D eigenvalue weighted by Crippen LogP contribution is 2.42. The molecule has 0 radical (unpaired) electrons. The van der Waals surface area contributed by atoms with Gasteiger partial charge in [-0.05, 0) is 30.2 Å². The number of fused-ring (bicyclic) bond motifs is 4. The van der Waals surface area contributed by atoms with Crippen molar-refractivity contribution in [2.75, 3.05) is 7.11 Å². The summed E-state index contributed by atoms with van der Waals surface area (Å²) < 4.78 is 5.25. The first-order chi connectivity index (χ1) is 11.8. The van der Waals surface area contributed by atoms with Gasteiger partial charge in [0.05, 0.1) is 24.4 Å². The Bertz CT molecular complexity index is 926. The minimum atomic E-state index is -1.04. The average Bonchev–Trinajstić information content (AvgIpc) is 2.57. The first-order valence-corrected chi connectivity index (χ1v) is 8.16. The van der Waals surface area contributed by atoms with E-state index in [4.69, 9.17) is 4.74 Å². The van der Waals surface area contributed by atoms with Crippen LogP contribution in [0.4, 0.5) is 0 Å². The third kappa shape index (κ3) is 2.23. The Morgan fingerprint density at radius 3 is 2.48 bits per heavy atom. The quantitative estimate of drug-likeness (QED) is 0.711. The van der Waals surface area contributed by atoms with E-state index < -0.39 is 11.7 Å². The van der Waals surface area contributed by atoms with Crippen LogP contribution in [0.2, 0.25) is 0 Å². The van der Waals surface area contributed by atoms with Gasteiger partial charge in [0.1, 0.15) is 5.75 Å². The van der Waals surface area contributed by atoms with Crippen molar-refractivity contribution >= 4 is 11.6 Å². The molecule has 4 rings (SSSR count). The highest BCUT2D eigenvalue weighted by atomic mass is 16.5. The monoisotopic (exact) mass is 338 g/mol. The van der Waals surface area contributed by atoms with E-state index >= 15 is 0 Å². The first-order valence-electron chi connectivity index (χ1n) is 8.16. The first kappa shape index (κ1) is 16.0. The van der Waals surface area contributed by atoms with Gasteiger partial charge in [-0.3, -0.25) is 9.59 Å². The Morgan fingerprint density at radius 2 is 1.76 bits per heavy atom. The highest BCUT2D eigenvalue weighted by Gasteiger charge is 2.40. The third-order valence-electron chi connectivity index (χ3n) is 5.06. The molecule has 25 heavy (non-hydrogen) atoms. The summed E-state index contributed by atoms with van der Waals surface area (Å²) in [7, 11) is 1.46. The number of aliphatic hydroxyl groups excluding tert-OH is 1. The maximum Gasteiger partial charge on any atom is 0.198 e. The lowest BCUT2D eigenvalue weighted by Crippen LogP contribution is -2.36. The van der Waals surface area contributed by atoms with Crippen LogP contribution < -0.4 is 4.74 Å². The number of ether oxygens (including phenoxy) is 1. The number of carbonyl (C=O) groups excluding carboxylic acids is 2. The highest BCUT2D eigenvalue weighted by molar-refractivity contribution is 6.30. The molecule has 128 valence electrons. The summed E-state index contributed by atoms with van der Waals surface area (Å²) in [6.07, 6.45) is -0.528. The SMILES string of the molecule is COc1cccc2c1C(=O)c1ccc3c(c1C2=O)C(O)CC(C)(O)C3. The molecule has 2 aromatic carbocycles. The molecular formula is C20H18O5. The average molecular weight is 338 g/mol. The van der Waals surface area contributed by atoms with Crippen molar-refractivity contribution in [3.63, 3.8) is 0 Å². The Morgan fingerprint density at radius 1 is 1.08 bits per heavy atom. The van der Waals surface area contributed by atoms with Crippen molar-refractivity contribution in [3.05, 3.63) is 63.7 Å². The normalized spacial score (nSPS) is 24.4. The molecule has 0 saturated heterocycles. The van der Waals surface area contributed by atoms with E-state index in [1.165, 1.54) is 7.11 Å². The summed E-state index contributed by atoms with van der Waals surface area (Å²) in [6, 6.07) is 8.25. The van der Waals surface area contributed by atoms with Gasteiger partial charge in [-0.25, -0.2) is 0 Å². The van der Waals surface area contributed by atoms with Crippen LogP contribution in [-0.2, 0) is 6.42 Å². The number of aliphatic hydroxyl groups is 2. The molecular weight excluding hydrogens is 320 g/mol. The van der Waals surface area contributed by atoms with Crippen LogP contribution in [0.1, 0.15) is 62.4 Å². The van der Waals surface area contributed by atoms with E-state index in [1.807, 2.05) is 0 Å².